The fourth-order valence-electron chi connectivity index (χ4n) is 4.53. The smallest absolute Gasteiger partial charge is 0.314 e. The van der Waals surface area contributed by atoms with Gasteiger partial charge in [0, 0.05) is 22.6 Å². The van der Waals surface area contributed by atoms with Gasteiger partial charge in [-0.25, -0.2) is 4.79 Å². The average molecular weight is 457 g/mol. The van der Waals surface area contributed by atoms with E-state index >= 15 is 0 Å². The summed E-state index contributed by atoms with van der Waals surface area (Å²) in [6.45, 7) is 5.26. The number of amides is 2. The van der Waals surface area contributed by atoms with Crippen LogP contribution >= 0.6 is 27.5 Å². The maximum Gasteiger partial charge on any atom is 0.314 e. The first-order chi connectivity index (χ1) is 13.0. The van der Waals surface area contributed by atoms with Crippen LogP contribution in [0.2, 0.25) is 5.02 Å². The third-order valence-electron chi connectivity index (χ3n) is 6.14. The molecule has 2 saturated heterocycles. The Morgan fingerprint density at radius 1 is 1.19 bits per heavy atom. The van der Waals surface area contributed by atoms with E-state index in [-0.39, 0.29) is 6.03 Å². The fourth-order valence-corrected chi connectivity index (χ4v) is 5.13. The van der Waals surface area contributed by atoms with E-state index in [0.29, 0.717) is 5.92 Å². The van der Waals surface area contributed by atoms with Crippen LogP contribution in [0.1, 0.15) is 44.1 Å². The summed E-state index contributed by atoms with van der Waals surface area (Å²) in [5.41, 5.74) is 6.76. The molecule has 1 aromatic rings. The van der Waals surface area contributed by atoms with Crippen molar-refractivity contribution < 1.29 is 4.79 Å². The average Bonchev–Trinajstić information content (AvgIpc) is 2.66. The molecule has 0 aliphatic carbocycles. The molecular weight excluding hydrogens is 426 g/mol. The molecule has 6 heteroatoms. The van der Waals surface area contributed by atoms with Gasteiger partial charge in [0.2, 0.25) is 0 Å². The quantitative estimate of drug-likeness (QED) is 0.660. The fraction of sp³-hybridized carbons (Fsp3) is 0.667. The number of urea groups is 1. The van der Waals surface area contributed by atoms with Gasteiger partial charge < -0.3 is 15.5 Å². The normalized spacial score (nSPS) is 22.1. The van der Waals surface area contributed by atoms with Gasteiger partial charge in [-0.3, -0.25) is 0 Å². The summed E-state index contributed by atoms with van der Waals surface area (Å²) in [6, 6.07) is 5.83. The van der Waals surface area contributed by atoms with Gasteiger partial charge in [0.05, 0.1) is 0 Å². The van der Waals surface area contributed by atoms with Crippen LogP contribution < -0.4 is 5.73 Å². The molecule has 3 rings (SSSR count). The summed E-state index contributed by atoms with van der Waals surface area (Å²) in [5.74, 6) is 1.38. The second-order valence-electron chi connectivity index (χ2n) is 8.16. The Hall–Kier alpha value is -0.780. The summed E-state index contributed by atoms with van der Waals surface area (Å²) >= 11 is 9.80. The van der Waals surface area contributed by atoms with E-state index in [1.807, 2.05) is 11.0 Å². The number of likely N-dealkylation sites (tertiary alicyclic amines) is 2. The van der Waals surface area contributed by atoms with Gasteiger partial charge >= 0.3 is 6.03 Å². The number of halogens is 2. The van der Waals surface area contributed by atoms with Crippen molar-refractivity contribution in [3.63, 3.8) is 0 Å². The Morgan fingerprint density at radius 2 is 1.96 bits per heavy atom. The number of nitrogens with zero attached hydrogens (tertiary/aromatic N) is 2. The van der Waals surface area contributed by atoms with Crippen LogP contribution in [0.5, 0.6) is 0 Å². The first kappa shape index (κ1) is 20.9. The van der Waals surface area contributed by atoms with E-state index in [1.165, 1.54) is 61.8 Å². The van der Waals surface area contributed by atoms with Crippen molar-refractivity contribution in [3.8, 4) is 0 Å². The SMILES string of the molecule is NC(=O)N1CCCC(CCCN2CCC(Cc3cc(Cl)ccc3Br)CC2)C1. The lowest BCUT2D eigenvalue weighted by molar-refractivity contribution is 0.157. The van der Waals surface area contributed by atoms with E-state index in [1.54, 1.807) is 0 Å². The molecule has 0 bridgehead atoms. The summed E-state index contributed by atoms with van der Waals surface area (Å²) in [5, 5.41) is 0.822. The number of hydrogen-bond donors (Lipinski definition) is 1. The van der Waals surface area contributed by atoms with Crippen molar-refractivity contribution >= 4 is 33.6 Å². The van der Waals surface area contributed by atoms with Crippen molar-refractivity contribution in [1.29, 1.82) is 0 Å². The van der Waals surface area contributed by atoms with Crippen molar-refractivity contribution in [3.05, 3.63) is 33.3 Å². The molecule has 1 aromatic carbocycles. The highest BCUT2D eigenvalue weighted by Gasteiger charge is 2.23. The van der Waals surface area contributed by atoms with Crippen LogP contribution in [-0.4, -0.2) is 48.6 Å². The molecule has 4 nitrogen and oxygen atoms in total. The zero-order chi connectivity index (χ0) is 19.2. The van der Waals surface area contributed by atoms with Crippen molar-refractivity contribution in [2.24, 2.45) is 17.6 Å². The highest BCUT2D eigenvalue weighted by molar-refractivity contribution is 9.10. The first-order valence-corrected chi connectivity index (χ1v) is 11.4. The monoisotopic (exact) mass is 455 g/mol. The van der Waals surface area contributed by atoms with Crippen molar-refractivity contribution in [2.45, 2.75) is 44.9 Å². The Kier molecular flexibility index (Phi) is 7.86. The zero-order valence-electron chi connectivity index (χ0n) is 16.0. The van der Waals surface area contributed by atoms with Crippen LogP contribution in [0.15, 0.2) is 22.7 Å². The second kappa shape index (κ2) is 10.1. The van der Waals surface area contributed by atoms with E-state index in [2.05, 4.69) is 33.0 Å². The number of carbonyl (C=O) groups is 1. The molecule has 2 amide bonds. The predicted molar refractivity (Wildman–Crippen MR) is 115 cm³/mol. The highest BCUT2D eigenvalue weighted by Crippen LogP contribution is 2.28. The molecule has 0 radical (unpaired) electrons. The maximum absolute atomic E-state index is 11.4. The Bertz CT molecular complexity index is 634. The van der Waals surface area contributed by atoms with Gasteiger partial charge in [-0.1, -0.05) is 27.5 Å². The van der Waals surface area contributed by atoms with E-state index in [9.17, 15) is 4.79 Å². The van der Waals surface area contributed by atoms with E-state index in [4.69, 9.17) is 17.3 Å². The lowest BCUT2D eigenvalue weighted by Crippen LogP contribution is -2.43. The molecule has 0 spiro atoms. The minimum absolute atomic E-state index is 0.256. The summed E-state index contributed by atoms with van der Waals surface area (Å²) < 4.78 is 1.17. The number of piperidine rings is 2. The van der Waals surface area contributed by atoms with E-state index < -0.39 is 0 Å². The van der Waals surface area contributed by atoms with Gasteiger partial charge in [0.1, 0.15) is 0 Å². The highest BCUT2D eigenvalue weighted by atomic mass is 79.9. The van der Waals surface area contributed by atoms with Gasteiger partial charge in [0.25, 0.3) is 0 Å². The van der Waals surface area contributed by atoms with Crippen LogP contribution in [0, 0.1) is 11.8 Å². The molecule has 2 aliphatic rings. The molecule has 2 N–H and O–H groups in total. The minimum atomic E-state index is -0.256. The third-order valence-corrected chi connectivity index (χ3v) is 7.15. The lowest BCUT2D eigenvalue weighted by Gasteiger charge is -2.34. The van der Waals surface area contributed by atoms with Gasteiger partial charge in [-0.15, -0.1) is 0 Å². The zero-order valence-corrected chi connectivity index (χ0v) is 18.3. The lowest BCUT2D eigenvalue weighted by atomic mass is 9.89. The number of carbonyl (C=O) groups excluding carboxylic acids is 1. The molecule has 0 saturated carbocycles. The first-order valence-electron chi connectivity index (χ1n) is 10.2. The predicted octanol–water partition coefficient (Wildman–Crippen LogP) is 4.93. The maximum atomic E-state index is 11.4. The summed E-state index contributed by atoms with van der Waals surface area (Å²) in [6.07, 6.45) is 8.40. The van der Waals surface area contributed by atoms with Crippen LogP contribution in [0.25, 0.3) is 0 Å². The van der Waals surface area contributed by atoms with Gasteiger partial charge in [-0.05, 0) is 100 Å². The van der Waals surface area contributed by atoms with Crippen LogP contribution in [0.4, 0.5) is 4.79 Å². The Balaban J connectivity index is 1.35. The Labute approximate surface area is 176 Å². The number of nitrogens with two attached hydrogens (primary N) is 1. The second-order valence-corrected chi connectivity index (χ2v) is 9.45. The van der Waals surface area contributed by atoms with Crippen LogP contribution in [0.3, 0.4) is 0 Å². The Morgan fingerprint density at radius 3 is 2.70 bits per heavy atom. The molecule has 27 heavy (non-hydrogen) atoms. The molecule has 1 unspecified atom stereocenters. The molecule has 1 atom stereocenters. The van der Waals surface area contributed by atoms with Crippen LogP contribution in [-0.2, 0) is 6.42 Å². The number of hydrogen-bond acceptors (Lipinski definition) is 2. The van der Waals surface area contributed by atoms with Gasteiger partial charge in [0.15, 0.2) is 0 Å². The molecule has 0 aromatic heterocycles. The number of benzene rings is 1. The number of primary amides is 1. The van der Waals surface area contributed by atoms with Crippen molar-refractivity contribution in [1.82, 2.24) is 9.80 Å². The molecule has 2 aliphatic heterocycles. The summed E-state index contributed by atoms with van der Waals surface area (Å²) in [7, 11) is 0. The molecule has 2 heterocycles. The molecule has 150 valence electrons. The number of rotatable bonds is 6. The van der Waals surface area contributed by atoms with Crippen molar-refractivity contribution in [2.75, 3.05) is 32.7 Å². The van der Waals surface area contributed by atoms with E-state index in [0.717, 1.165) is 36.9 Å². The standard InChI is InChI=1S/C21H31BrClN3O/c22-20-6-5-19(23)14-18(20)13-16-7-11-25(12-8-16)9-1-3-17-4-2-10-26(15-17)21(24)27/h5-6,14,16-17H,1-4,7-13,15H2,(H2,24,27). The summed E-state index contributed by atoms with van der Waals surface area (Å²) in [4.78, 5) is 15.8. The molecule has 2 fully saturated rings. The third kappa shape index (κ3) is 6.37. The minimum Gasteiger partial charge on any atom is -0.351 e. The topological polar surface area (TPSA) is 49.6 Å². The largest absolute Gasteiger partial charge is 0.351 e. The molecular formula is C21H31BrClN3O. The van der Waals surface area contributed by atoms with Gasteiger partial charge in [-0.2, -0.15) is 0 Å².